The van der Waals surface area contributed by atoms with Gasteiger partial charge in [-0.05, 0) is 29.7 Å². The SMILES string of the molecule is C[C@H](CNCCc1ccnn1C)c1cccc(Cl)c1. The van der Waals surface area contributed by atoms with Crippen LogP contribution in [0.15, 0.2) is 36.5 Å². The number of aryl methyl sites for hydroxylation is 1. The molecule has 0 radical (unpaired) electrons. The second-order valence-corrected chi connectivity index (χ2v) is 5.29. The molecule has 0 saturated heterocycles. The number of hydrogen-bond acceptors (Lipinski definition) is 2. The Hall–Kier alpha value is -1.32. The van der Waals surface area contributed by atoms with Crippen molar-refractivity contribution in [1.29, 1.82) is 0 Å². The van der Waals surface area contributed by atoms with Crippen molar-refractivity contribution in [3.63, 3.8) is 0 Å². The van der Waals surface area contributed by atoms with E-state index in [1.54, 1.807) is 0 Å². The minimum atomic E-state index is 0.463. The summed E-state index contributed by atoms with van der Waals surface area (Å²) in [5.74, 6) is 0.463. The first-order chi connectivity index (χ1) is 9.16. The number of hydrogen-bond donors (Lipinski definition) is 1. The van der Waals surface area contributed by atoms with Gasteiger partial charge in [-0.25, -0.2) is 0 Å². The van der Waals surface area contributed by atoms with Crippen molar-refractivity contribution < 1.29 is 0 Å². The number of halogens is 1. The van der Waals surface area contributed by atoms with E-state index in [4.69, 9.17) is 11.6 Å². The van der Waals surface area contributed by atoms with Gasteiger partial charge in [0.1, 0.15) is 0 Å². The van der Waals surface area contributed by atoms with Gasteiger partial charge in [0.15, 0.2) is 0 Å². The number of aromatic nitrogens is 2. The molecule has 0 aliphatic carbocycles. The van der Waals surface area contributed by atoms with Gasteiger partial charge in [0.05, 0.1) is 0 Å². The summed E-state index contributed by atoms with van der Waals surface area (Å²) in [5.41, 5.74) is 2.53. The average molecular weight is 278 g/mol. The molecule has 2 aromatic rings. The van der Waals surface area contributed by atoms with Crippen LogP contribution in [0.1, 0.15) is 24.1 Å². The molecular formula is C15H20ClN3. The van der Waals surface area contributed by atoms with Crippen LogP contribution in [0.25, 0.3) is 0 Å². The van der Waals surface area contributed by atoms with E-state index in [2.05, 4.69) is 29.5 Å². The summed E-state index contributed by atoms with van der Waals surface area (Å²) >= 11 is 6.01. The quantitative estimate of drug-likeness (QED) is 0.823. The maximum Gasteiger partial charge on any atom is 0.0492 e. The van der Waals surface area contributed by atoms with E-state index < -0.39 is 0 Å². The average Bonchev–Trinajstić information content (AvgIpc) is 2.80. The summed E-state index contributed by atoms with van der Waals surface area (Å²) in [5, 5.41) is 8.45. The fourth-order valence-corrected chi connectivity index (χ4v) is 2.31. The van der Waals surface area contributed by atoms with Crippen LogP contribution in [0.5, 0.6) is 0 Å². The predicted molar refractivity (Wildman–Crippen MR) is 79.6 cm³/mol. The third kappa shape index (κ3) is 4.08. The summed E-state index contributed by atoms with van der Waals surface area (Å²) in [7, 11) is 1.98. The van der Waals surface area contributed by atoms with Gasteiger partial charge in [-0.2, -0.15) is 5.10 Å². The molecule has 1 aromatic heterocycles. The topological polar surface area (TPSA) is 29.9 Å². The van der Waals surface area contributed by atoms with E-state index in [0.29, 0.717) is 5.92 Å². The largest absolute Gasteiger partial charge is 0.316 e. The molecule has 2 rings (SSSR count). The molecule has 0 fully saturated rings. The van der Waals surface area contributed by atoms with Gasteiger partial charge in [-0.3, -0.25) is 4.68 Å². The molecule has 1 aromatic carbocycles. The van der Waals surface area contributed by atoms with E-state index in [9.17, 15) is 0 Å². The fourth-order valence-electron chi connectivity index (χ4n) is 2.11. The van der Waals surface area contributed by atoms with Gasteiger partial charge < -0.3 is 5.32 Å². The first-order valence-electron chi connectivity index (χ1n) is 6.60. The highest BCUT2D eigenvalue weighted by Crippen LogP contribution is 2.18. The number of nitrogens with zero attached hydrogens (tertiary/aromatic N) is 2. The Morgan fingerprint density at radius 2 is 2.21 bits per heavy atom. The molecule has 3 nitrogen and oxygen atoms in total. The third-order valence-electron chi connectivity index (χ3n) is 3.35. The molecule has 0 spiro atoms. The fraction of sp³-hybridized carbons (Fsp3) is 0.400. The molecule has 1 heterocycles. The van der Waals surface area contributed by atoms with Gasteiger partial charge in [0.25, 0.3) is 0 Å². The highest BCUT2D eigenvalue weighted by atomic mass is 35.5. The second-order valence-electron chi connectivity index (χ2n) is 4.86. The Morgan fingerprint density at radius 1 is 1.37 bits per heavy atom. The van der Waals surface area contributed by atoms with Gasteiger partial charge in [-0.1, -0.05) is 30.7 Å². The molecule has 0 unspecified atom stereocenters. The van der Waals surface area contributed by atoms with Crippen molar-refractivity contribution in [3.05, 3.63) is 52.8 Å². The molecule has 1 N–H and O–H groups in total. The molecule has 0 amide bonds. The van der Waals surface area contributed by atoms with Crippen molar-refractivity contribution in [1.82, 2.24) is 15.1 Å². The Labute approximate surface area is 119 Å². The summed E-state index contributed by atoms with van der Waals surface area (Å²) in [4.78, 5) is 0. The monoisotopic (exact) mass is 277 g/mol. The predicted octanol–water partition coefficient (Wildman–Crippen LogP) is 3.01. The van der Waals surface area contributed by atoms with Crippen molar-refractivity contribution in [2.24, 2.45) is 7.05 Å². The summed E-state index contributed by atoms with van der Waals surface area (Å²) in [6.07, 6.45) is 2.84. The molecule has 19 heavy (non-hydrogen) atoms. The van der Waals surface area contributed by atoms with Crippen LogP contribution in [-0.2, 0) is 13.5 Å². The molecule has 0 bridgehead atoms. The Kier molecular flexibility index (Phi) is 5.00. The number of rotatable bonds is 6. The first-order valence-corrected chi connectivity index (χ1v) is 6.97. The Balaban J connectivity index is 1.75. The van der Waals surface area contributed by atoms with Gasteiger partial charge in [0.2, 0.25) is 0 Å². The zero-order valence-corrected chi connectivity index (χ0v) is 12.2. The van der Waals surface area contributed by atoms with Crippen LogP contribution in [-0.4, -0.2) is 22.9 Å². The van der Waals surface area contributed by atoms with Crippen LogP contribution in [0.3, 0.4) is 0 Å². The van der Waals surface area contributed by atoms with Gasteiger partial charge >= 0.3 is 0 Å². The molecule has 0 aliphatic heterocycles. The second kappa shape index (κ2) is 6.73. The number of nitrogens with one attached hydrogen (secondary N) is 1. The van der Waals surface area contributed by atoms with Gasteiger partial charge in [-0.15, -0.1) is 0 Å². The van der Waals surface area contributed by atoms with Crippen LogP contribution >= 0.6 is 11.6 Å². The van der Waals surface area contributed by atoms with Crippen LogP contribution in [0.4, 0.5) is 0 Å². The molecule has 0 aliphatic rings. The molecule has 102 valence electrons. The lowest BCUT2D eigenvalue weighted by atomic mass is 10.0. The summed E-state index contributed by atoms with van der Waals surface area (Å²) in [6.45, 7) is 4.13. The van der Waals surface area contributed by atoms with E-state index in [-0.39, 0.29) is 0 Å². The highest BCUT2D eigenvalue weighted by Gasteiger charge is 2.05. The minimum Gasteiger partial charge on any atom is -0.316 e. The van der Waals surface area contributed by atoms with Crippen LogP contribution < -0.4 is 5.32 Å². The normalized spacial score (nSPS) is 12.6. The lowest BCUT2D eigenvalue weighted by Crippen LogP contribution is -2.23. The van der Waals surface area contributed by atoms with Crippen LogP contribution in [0.2, 0.25) is 5.02 Å². The van der Waals surface area contributed by atoms with E-state index >= 15 is 0 Å². The summed E-state index contributed by atoms with van der Waals surface area (Å²) < 4.78 is 1.92. The van der Waals surface area contributed by atoms with Crippen molar-refractivity contribution in [2.45, 2.75) is 19.3 Å². The summed E-state index contributed by atoms with van der Waals surface area (Å²) in [6, 6.07) is 10.1. The van der Waals surface area contributed by atoms with Gasteiger partial charge in [0, 0.05) is 43.5 Å². The van der Waals surface area contributed by atoms with Crippen molar-refractivity contribution in [3.8, 4) is 0 Å². The van der Waals surface area contributed by atoms with Crippen molar-refractivity contribution in [2.75, 3.05) is 13.1 Å². The zero-order chi connectivity index (χ0) is 13.7. The lowest BCUT2D eigenvalue weighted by molar-refractivity contribution is 0.599. The highest BCUT2D eigenvalue weighted by molar-refractivity contribution is 6.30. The van der Waals surface area contributed by atoms with E-state index in [1.807, 2.05) is 36.1 Å². The molecule has 1 atom stereocenters. The Bertz CT molecular complexity index is 522. The van der Waals surface area contributed by atoms with Crippen molar-refractivity contribution >= 4 is 11.6 Å². The molecule has 4 heteroatoms. The minimum absolute atomic E-state index is 0.463. The molecular weight excluding hydrogens is 258 g/mol. The smallest absolute Gasteiger partial charge is 0.0492 e. The Morgan fingerprint density at radius 3 is 2.89 bits per heavy atom. The maximum atomic E-state index is 6.01. The first kappa shape index (κ1) is 14.1. The van der Waals surface area contributed by atoms with Crippen LogP contribution in [0, 0.1) is 0 Å². The molecule has 0 saturated carbocycles. The number of benzene rings is 1. The van der Waals surface area contributed by atoms with E-state index in [1.165, 1.54) is 11.3 Å². The zero-order valence-electron chi connectivity index (χ0n) is 11.4. The maximum absolute atomic E-state index is 6.01. The van der Waals surface area contributed by atoms with E-state index in [0.717, 1.165) is 24.5 Å². The lowest BCUT2D eigenvalue weighted by Gasteiger charge is -2.13. The third-order valence-corrected chi connectivity index (χ3v) is 3.58. The standard InChI is InChI=1S/C15H20ClN3/c1-12(13-4-3-5-14(16)10-13)11-17-8-6-15-7-9-18-19(15)2/h3-5,7,9-10,12,17H,6,8,11H2,1-2H3/t12-/m1/s1.